The van der Waals surface area contributed by atoms with Gasteiger partial charge in [-0.3, -0.25) is 13.9 Å². The molecule has 0 bridgehead atoms. The summed E-state index contributed by atoms with van der Waals surface area (Å²) in [7, 11) is 0. The number of nitrogens with zero attached hydrogens (tertiary/aromatic N) is 3. The highest BCUT2D eigenvalue weighted by Gasteiger charge is 2.25. The highest BCUT2D eigenvalue weighted by molar-refractivity contribution is 5.76. The molecule has 1 aliphatic rings. The quantitative estimate of drug-likeness (QED) is 0.858. The molecular formula is C17H20FN3O3. The van der Waals surface area contributed by atoms with Gasteiger partial charge in [0.2, 0.25) is 5.91 Å². The second-order valence-corrected chi connectivity index (χ2v) is 6.19. The van der Waals surface area contributed by atoms with E-state index in [1.54, 1.807) is 12.1 Å². The van der Waals surface area contributed by atoms with E-state index < -0.39 is 5.76 Å². The molecule has 1 saturated heterocycles. The number of benzene rings is 1. The van der Waals surface area contributed by atoms with Gasteiger partial charge in [0.05, 0.1) is 0 Å². The van der Waals surface area contributed by atoms with Crippen LogP contribution < -0.4 is 5.76 Å². The second-order valence-electron chi connectivity index (χ2n) is 6.19. The largest absolute Gasteiger partial charge is 0.442 e. The van der Waals surface area contributed by atoms with Crippen LogP contribution in [0.3, 0.4) is 0 Å². The van der Waals surface area contributed by atoms with Crippen molar-refractivity contribution < 1.29 is 13.7 Å². The van der Waals surface area contributed by atoms with E-state index in [9.17, 15) is 14.0 Å². The van der Waals surface area contributed by atoms with Crippen molar-refractivity contribution in [3.63, 3.8) is 0 Å². The van der Waals surface area contributed by atoms with Gasteiger partial charge >= 0.3 is 5.76 Å². The van der Waals surface area contributed by atoms with Crippen LogP contribution in [-0.4, -0.2) is 33.1 Å². The van der Waals surface area contributed by atoms with Gasteiger partial charge in [0.15, 0.2) is 5.82 Å². The summed E-state index contributed by atoms with van der Waals surface area (Å²) in [6.07, 6.45) is 3.38. The summed E-state index contributed by atoms with van der Waals surface area (Å²) in [6, 6.07) is 6.11. The Labute approximate surface area is 138 Å². The van der Waals surface area contributed by atoms with Crippen LogP contribution in [0.5, 0.6) is 0 Å². The highest BCUT2D eigenvalue weighted by atomic mass is 19.1. The van der Waals surface area contributed by atoms with Crippen LogP contribution in [0.15, 0.2) is 33.6 Å². The number of aromatic nitrogens is 2. The van der Waals surface area contributed by atoms with E-state index in [0.29, 0.717) is 18.8 Å². The molecule has 1 aromatic carbocycles. The van der Waals surface area contributed by atoms with Crippen LogP contribution in [0.1, 0.15) is 37.6 Å². The number of carbonyl (C=O) groups excluding carboxylic acids is 1. The van der Waals surface area contributed by atoms with Crippen LogP contribution >= 0.6 is 0 Å². The van der Waals surface area contributed by atoms with Crippen molar-refractivity contribution in [2.45, 2.75) is 45.2 Å². The maximum atomic E-state index is 13.0. The van der Waals surface area contributed by atoms with E-state index in [1.807, 2.05) is 11.8 Å². The van der Waals surface area contributed by atoms with E-state index in [-0.39, 0.29) is 24.3 Å². The van der Waals surface area contributed by atoms with E-state index in [0.717, 1.165) is 24.8 Å². The minimum Gasteiger partial charge on any atom is -0.338 e. The molecule has 1 atom stereocenters. The van der Waals surface area contributed by atoms with Crippen LogP contribution in [0, 0.1) is 5.82 Å². The molecular weight excluding hydrogens is 313 g/mol. The maximum Gasteiger partial charge on any atom is 0.442 e. The minimum absolute atomic E-state index is 0.0802. The smallest absolute Gasteiger partial charge is 0.338 e. The zero-order valence-electron chi connectivity index (χ0n) is 13.6. The zero-order chi connectivity index (χ0) is 17.1. The lowest BCUT2D eigenvalue weighted by Gasteiger charge is -2.33. The van der Waals surface area contributed by atoms with Crippen LogP contribution in [0.25, 0.3) is 0 Å². The average Bonchev–Trinajstić information content (AvgIpc) is 2.90. The number of amides is 1. The van der Waals surface area contributed by atoms with Crippen molar-refractivity contribution in [3.8, 4) is 0 Å². The third-order valence-corrected chi connectivity index (χ3v) is 4.45. The van der Waals surface area contributed by atoms with Crippen molar-refractivity contribution in [3.05, 3.63) is 52.0 Å². The van der Waals surface area contributed by atoms with Crippen molar-refractivity contribution >= 4 is 5.91 Å². The van der Waals surface area contributed by atoms with Gasteiger partial charge in [0, 0.05) is 19.0 Å². The SMILES string of the molecule is CC1CCCCN1C(=O)Cn1c(Cc2ccc(F)cc2)noc1=O. The van der Waals surface area contributed by atoms with Crippen LogP contribution in [0.4, 0.5) is 4.39 Å². The number of halogens is 1. The molecule has 2 heterocycles. The molecule has 1 amide bonds. The van der Waals surface area contributed by atoms with Gasteiger partial charge in [-0.2, -0.15) is 0 Å². The Hall–Kier alpha value is -2.44. The first kappa shape index (κ1) is 16.4. The van der Waals surface area contributed by atoms with Crippen molar-refractivity contribution in [2.24, 2.45) is 0 Å². The molecule has 0 radical (unpaired) electrons. The van der Waals surface area contributed by atoms with Crippen molar-refractivity contribution in [1.29, 1.82) is 0 Å². The van der Waals surface area contributed by atoms with Gasteiger partial charge < -0.3 is 4.90 Å². The topological polar surface area (TPSA) is 68.3 Å². The van der Waals surface area contributed by atoms with Gasteiger partial charge in [0.1, 0.15) is 12.4 Å². The molecule has 1 unspecified atom stereocenters. The monoisotopic (exact) mass is 333 g/mol. The highest BCUT2D eigenvalue weighted by Crippen LogP contribution is 2.17. The number of piperidine rings is 1. The summed E-state index contributed by atoms with van der Waals surface area (Å²) in [4.78, 5) is 26.2. The standard InChI is InChI=1S/C17H20FN3O3/c1-12-4-2-3-9-20(12)16(22)11-21-15(19-24-17(21)23)10-13-5-7-14(18)8-6-13/h5-8,12H,2-4,9-11H2,1H3. The fraction of sp³-hybridized carbons (Fsp3) is 0.471. The van der Waals surface area contributed by atoms with Crippen LogP contribution in [0.2, 0.25) is 0 Å². The van der Waals surface area contributed by atoms with Crippen molar-refractivity contribution in [1.82, 2.24) is 14.6 Å². The minimum atomic E-state index is -0.648. The molecule has 0 spiro atoms. The molecule has 3 rings (SSSR count). The predicted octanol–water partition coefficient (Wildman–Crippen LogP) is 1.97. The average molecular weight is 333 g/mol. The van der Waals surface area contributed by atoms with Crippen molar-refractivity contribution in [2.75, 3.05) is 6.54 Å². The molecule has 0 N–H and O–H groups in total. The molecule has 1 fully saturated rings. The van der Waals surface area contributed by atoms with E-state index in [1.165, 1.54) is 16.7 Å². The fourth-order valence-electron chi connectivity index (χ4n) is 3.06. The summed E-state index contributed by atoms with van der Waals surface area (Å²) in [5, 5.41) is 3.76. The first-order valence-electron chi connectivity index (χ1n) is 8.14. The van der Waals surface area contributed by atoms with E-state index in [4.69, 9.17) is 4.52 Å². The molecule has 2 aromatic rings. The zero-order valence-corrected chi connectivity index (χ0v) is 13.6. The van der Waals surface area contributed by atoms with Gasteiger partial charge in [-0.15, -0.1) is 0 Å². The van der Waals surface area contributed by atoms with Gasteiger partial charge in [0.25, 0.3) is 0 Å². The van der Waals surface area contributed by atoms with Gasteiger partial charge in [-0.25, -0.2) is 9.18 Å². The summed E-state index contributed by atoms with van der Waals surface area (Å²) in [6.45, 7) is 2.66. The first-order chi connectivity index (χ1) is 11.5. The number of hydrogen-bond acceptors (Lipinski definition) is 4. The van der Waals surface area contributed by atoms with Gasteiger partial charge in [-0.1, -0.05) is 17.3 Å². The summed E-state index contributed by atoms with van der Waals surface area (Å²) in [5.41, 5.74) is 0.789. The molecule has 0 saturated carbocycles. The lowest BCUT2D eigenvalue weighted by Crippen LogP contribution is -2.44. The Balaban J connectivity index is 1.76. The molecule has 24 heavy (non-hydrogen) atoms. The summed E-state index contributed by atoms with van der Waals surface area (Å²) in [5.74, 6) is -0.715. The molecule has 6 nitrogen and oxygen atoms in total. The summed E-state index contributed by atoms with van der Waals surface area (Å²) >= 11 is 0. The Bertz CT molecular complexity index is 766. The molecule has 128 valence electrons. The first-order valence-corrected chi connectivity index (χ1v) is 8.14. The van der Waals surface area contributed by atoms with E-state index >= 15 is 0 Å². The number of hydrogen-bond donors (Lipinski definition) is 0. The molecule has 1 aliphatic heterocycles. The number of carbonyl (C=O) groups is 1. The lowest BCUT2D eigenvalue weighted by molar-refractivity contribution is -0.135. The number of rotatable bonds is 4. The summed E-state index contributed by atoms with van der Waals surface area (Å²) < 4.78 is 19.0. The fourth-order valence-corrected chi connectivity index (χ4v) is 3.06. The van der Waals surface area contributed by atoms with E-state index in [2.05, 4.69) is 5.16 Å². The molecule has 1 aromatic heterocycles. The third-order valence-electron chi connectivity index (χ3n) is 4.45. The number of likely N-dealkylation sites (tertiary alicyclic amines) is 1. The normalized spacial score (nSPS) is 17.9. The Morgan fingerprint density at radius 3 is 2.79 bits per heavy atom. The lowest BCUT2D eigenvalue weighted by atomic mass is 10.0. The second kappa shape index (κ2) is 6.98. The maximum absolute atomic E-state index is 13.0. The Morgan fingerprint density at radius 1 is 1.33 bits per heavy atom. The predicted molar refractivity (Wildman–Crippen MR) is 85.0 cm³/mol. The Kier molecular flexibility index (Phi) is 4.78. The Morgan fingerprint density at radius 2 is 2.08 bits per heavy atom. The van der Waals surface area contributed by atoms with Gasteiger partial charge in [-0.05, 0) is 43.9 Å². The molecule has 7 heteroatoms. The third kappa shape index (κ3) is 3.55. The van der Waals surface area contributed by atoms with Crippen LogP contribution in [-0.2, 0) is 17.8 Å². The molecule has 0 aliphatic carbocycles.